The van der Waals surface area contributed by atoms with Crippen LogP contribution < -0.4 is 0 Å². The van der Waals surface area contributed by atoms with Gasteiger partial charge >= 0.3 is 6.09 Å². The van der Waals surface area contributed by atoms with Crippen LogP contribution in [0.15, 0.2) is 29.3 Å². The number of carbonyl (C=O) groups is 1. The maximum Gasteiger partial charge on any atom is 0.434 e. The smallest absolute Gasteiger partial charge is 0.434 e. The van der Waals surface area contributed by atoms with Crippen LogP contribution in [0.2, 0.25) is 0 Å². The second-order valence-corrected chi connectivity index (χ2v) is 6.07. The van der Waals surface area contributed by atoms with Gasteiger partial charge in [0, 0.05) is 12.1 Å². The molecule has 0 atom stereocenters. The zero-order valence-electron chi connectivity index (χ0n) is 13.2. The van der Waals surface area contributed by atoms with Crippen molar-refractivity contribution in [2.45, 2.75) is 59.5 Å². The van der Waals surface area contributed by atoms with Gasteiger partial charge in [-0.15, -0.1) is 0 Å². The molecule has 3 heteroatoms. The van der Waals surface area contributed by atoms with E-state index in [1.54, 1.807) is 0 Å². The minimum absolute atomic E-state index is 0.497. The normalized spacial score (nSPS) is 12.3. The highest BCUT2D eigenvalue weighted by Crippen LogP contribution is 2.10. The van der Waals surface area contributed by atoms with E-state index in [0.717, 1.165) is 24.1 Å². The van der Waals surface area contributed by atoms with Gasteiger partial charge < -0.3 is 4.74 Å². The fourth-order valence-corrected chi connectivity index (χ4v) is 1.89. The predicted molar refractivity (Wildman–Crippen MR) is 83.5 cm³/mol. The van der Waals surface area contributed by atoms with E-state index in [4.69, 9.17) is 4.74 Å². The summed E-state index contributed by atoms with van der Waals surface area (Å²) in [6, 6.07) is 8.47. The molecule has 3 nitrogen and oxygen atoms in total. The molecular formula is C17H25NO2. The van der Waals surface area contributed by atoms with Crippen LogP contribution in [-0.4, -0.2) is 17.4 Å². The molecular weight excluding hydrogens is 250 g/mol. The molecule has 0 aromatic heterocycles. The van der Waals surface area contributed by atoms with Crippen molar-refractivity contribution < 1.29 is 9.53 Å². The maximum absolute atomic E-state index is 11.6. The van der Waals surface area contributed by atoms with Crippen LogP contribution in [-0.2, 0) is 17.6 Å². The van der Waals surface area contributed by atoms with Gasteiger partial charge in [0.2, 0.25) is 0 Å². The number of hydrogen-bond acceptors (Lipinski definition) is 2. The van der Waals surface area contributed by atoms with Crippen molar-refractivity contribution in [2.75, 3.05) is 0 Å². The largest absolute Gasteiger partial charge is 0.442 e. The summed E-state index contributed by atoms with van der Waals surface area (Å²) >= 11 is 0. The van der Waals surface area contributed by atoms with Crippen molar-refractivity contribution in [1.82, 2.24) is 0 Å². The molecule has 1 rings (SSSR count). The number of hydrogen-bond donors (Lipinski definition) is 0. The molecule has 0 unspecified atom stereocenters. The van der Waals surface area contributed by atoms with Gasteiger partial charge in [0.1, 0.15) is 5.60 Å². The van der Waals surface area contributed by atoms with E-state index < -0.39 is 11.7 Å². The molecule has 0 heterocycles. The van der Waals surface area contributed by atoms with Crippen LogP contribution >= 0.6 is 0 Å². The molecule has 0 saturated carbocycles. The average Bonchev–Trinajstić information content (AvgIpc) is 2.29. The first-order chi connectivity index (χ1) is 9.30. The number of carbonyl (C=O) groups excluding carboxylic acids is 1. The monoisotopic (exact) mass is 275 g/mol. The second kappa shape index (κ2) is 7.22. The highest BCUT2D eigenvalue weighted by Gasteiger charge is 2.15. The summed E-state index contributed by atoms with van der Waals surface area (Å²) < 4.78 is 5.17. The van der Waals surface area contributed by atoms with Crippen LogP contribution in [0.5, 0.6) is 0 Å². The fraction of sp³-hybridized carbons (Fsp3) is 0.529. The van der Waals surface area contributed by atoms with Crippen molar-refractivity contribution >= 4 is 11.8 Å². The topological polar surface area (TPSA) is 38.7 Å². The Labute approximate surface area is 122 Å². The second-order valence-electron chi connectivity index (χ2n) is 6.07. The summed E-state index contributed by atoms with van der Waals surface area (Å²) in [4.78, 5) is 15.6. The molecule has 0 fully saturated rings. The molecule has 110 valence electrons. The first kappa shape index (κ1) is 16.4. The first-order valence-electron chi connectivity index (χ1n) is 7.15. The van der Waals surface area contributed by atoms with Crippen LogP contribution in [0.4, 0.5) is 4.79 Å². The summed E-state index contributed by atoms with van der Waals surface area (Å²) in [5, 5.41) is 0. The van der Waals surface area contributed by atoms with Crippen molar-refractivity contribution in [3.05, 3.63) is 35.4 Å². The van der Waals surface area contributed by atoms with Gasteiger partial charge in [0.05, 0.1) is 0 Å². The average molecular weight is 275 g/mol. The number of amides is 1. The number of ether oxygens (including phenoxy) is 1. The lowest BCUT2D eigenvalue weighted by Gasteiger charge is -2.17. The Kier molecular flexibility index (Phi) is 5.93. The minimum atomic E-state index is -0.516. The molecule has 0 spiro atoms. The van der Waals surface area contributed by atoms with Gasteiger partial charge in [-0.1, -0.05) is 37.6 Å². The Morgan fingerprint density at radius 3 is 2.20 bits per heavy atom. The Hall–Kier alpha value is -1.64. The molecule has 0 aliphatic heterocycles. The number of rotatable bonds is 4. The van der Waals surface area contributed by atoms with Gasteiger partial charge in [0.15, 0.2) is 0 Å². The Morgan fingerprint density at radius 1 is 1.15 bits per heavy atom. The van der Waals surface area contributed by atoms with Crippen LogP contribution in [0, 0.1) is 0 Å². The third-order valence-electron chi connectivity index (χ3n) is 2.70. The highest BCUT2D eigenvalue weighted by molar-refractivity contribution is 5.93. The van der Waals surface area contributed by atoms with E-state index in [-0.39, 0.29) is 0 Å². The van der Waals surface area contributed by atoms with Gasteiger partial charge in [-0.05, 0) is 45.2 Å². The molecule has 1 aromatic carbocycles. The zero-order chi connectivity index (χ0) is 15.2. The van der Waals surface area contributed by atoms with E-state index in [0.29, 0.717) is 6.42 Å². The van der Waals surface area contributed by atoms with Crippen LogP contribution in [0.3, 0.4) is 0 Å². The lowest BCUT2D eigenvalue weighted by atomic mass is 10.0. The minimum Gasteiger partial charge on any atom is -0.442 e. The molecule has 1 aromatic rings. The summed E-state index contributed by atoms with van der Waals surface area (Å²) in [5.41, 5.74) is 2.78. The molecule has 0 saturated heterocycles. The van der Waals surface area contributed by atoms with Crippen LogP contribution in [0.25, 0.3) is 0 Å². The van der Waals surface area contributed by atoms with Crippen molar-refractivity contribution in [1.29, 1.82) is 0 Å². The fourth-order valence-electron chi connectivity index (χ4n) is 1.89. The number of nitrogens with zero attached hydrogens (tertiary/aromatic N) is 1. The van der Waals surface area contributed by atoms with Gasteiger partial charge in [-0.3, -0.25) is 0 Å². The van der Waals surface area contributed by atoms with Gasteiger partial charge in [-0.25, -0.2) is 4.79 Å². The zero-order valence-corrected chi connectivity index (χ0v) is 13.2. The van der Waals surface area contributed by atoms with E-state index in [2.05, 4.69) is 36.2 Å². The lowest BCUT2D eigenvalue weighted by molar-refractivity contribution is 0.0604. The maximum atomic E-state index is 11.6. The Morgan fingerprint density at radius 2 is 1.70 bits per heavy atom. The summed E-state index contributed by atoms with van der Waals surface area (Å²) in [6.45, 7) is 9.53. The van der Waals surface area contributed by atoms with Crippen molar-refractivity contribution in [2.24, 2.45) is 4.99 Å². The quantitative estimate of drug-likeness (QED) is 0.754. The molecule has 0 radical (unpaired) electrons. The molecule has 0 aliphatic rings. The van der Waals surface area contributed by atoms with Gasteiger partial charge in [-0.2, -0.15) is 4.99 Å². The standard InChI is InChI=1S/C17H25NO2/c1-6-7-14-8-10-15(11-9-14)12-13(2)18-16(19)20-17(3,4)5/h8-11H,6-7,12H2,1-5H3. The number of aryl methyl sites for hydroxylation is 1. The summed E-state index contributed by atoms with van der Waals surface area (Å²) in [6.07, 6.45) is 2.41. The summed E-state index contributed by atoms with van der Waals surface area (Å²) in [5.74, 6) is 0. The van der Waals surface area contributed by atoms with Gasteiger partial charge in [0.25, 0.3) is 0 Å². The summed E-state index contributed by atoms with van der Waals surface area (Å²) in [7, 11) is 0. The molecule has 0 N–H and O–H groups in total. The molecule has 1 amide bonds. The third-order valence-corrected chi connectivity index (χ3v) is 2.70. The third kappa shape index (κ3) is 6.50. The van der Waals surface area contributed by atoms with Crippen LogP contribution in [0.1, 0.15) is 52.2 Å². The Bertz CT molecular complexity index is 467. The van der Waals surface area contributed by atoms with Crippen molar-refractivity contribution in [3.8, 4) is 0 Å². The highest BCUT2D eigenvalue weighted by atomic mass is 16.6. The first-order valence-corrected chi connectivity index (χ1v) is 7.15. The predicted octanol–water partition coefficient (Wildman–Crippen LogP) is 4.58. The molecule has 0 bridgehead atoms. The molecule has 20 heavy (non-hydrogen) atoms. The van der Waals surface area contributed by atoms with E-state index in [9.17, 15) is 4.79 Å². The number of benzene rings is 1. The number of aliphatic imine (C=N–C) groups is 1. The van der Waals surface area contributed by atoms with Crippen molar-refractivity contribution in [3.63, 3.8) is 0 Å². The van der Waals surface area contributed by atoms with E-state index >= 15 is 0 Å². The van der Waals surface area contributed by atoms with E-state index in [1.807, 2.05) is 27.7 Å². The SMILES string of the molecule is CCCc1ccc(CC(C)=NC(=O)OC(C)(C)C)cc1. The lowest BCUT2D eigenvalue weighted by Crippen LogP contribution is -2.22. The molecule has 0 aliphatic carbocycles. The van der Waals surface area contributed by atoms with E-state index in [1.165, 1.54) is 5.56 Å². The Balaban J connectivity index is 2.61.